The molecule has 0 amide bonds. The number of ether oxygens (including phenoxy) is 2. The monoisotopic (exact) mass is 578 g/mol. The van der Waals surface area contributed by atoms with Crippen LogP contribution in [0, 0.1) is 13.8 Å². The van der Waals surface area contributed by atoms with Crippen LogP contribution >= 0.6 is 0 Å². The van der Waals surface area contributed by atoms with Gasteiger partial charge in [-0.2, -0.15) is 0 Å². The van der Waals surface area contributed by atoms with Gasteiger partial charge in [0.15, 0.2) is 0 Å². The number of esters is 2. The molecule has 0 radical (unpaired) electrons. The summed E-state index contributed by atoms with van der Waals surface area (Å²) in [5.41, 5.74) is 5.70. The molecule has 0 unspecified atom stereocenters. The molecule has 0 heterocycles. The van der Waals surface area contributed by atoms with Gasteiger partial charge in [0, 0.05) is 24.0 Å². The average molecular weight is 579 g/mol. The van der Waals surface area contributed by atoms with Crippen molar-refractivity contribution in [3.63, 3.8) is 0 Å². The van der Waals surface area contributed by atoms with Crippen molar-refractivity contribution in [2.45, 2.75) is 128 Å². The van der Waals surface area contributed by atoms with E-state index in [4.69, 9.17) is 9.47 Å². The molecule has 230 valence electrons. The summed E-state index contributed by atoms with van der Waals surface area (Å²) < 4.78 is 10.7. The summed E-state index contributed by atoms with van der Waals surface area (Å²) in [7, 11) is 0. The van der Waals surface area contributed by atoms with Gasteiger partial charge in [-0.05, 0) is 85.5 Å². The Kier molecular flexibility index (Phi) is 10.6. The van der Waals surface area contributed by atoms with Crippen molar-refractivity contribution in [2.75, 3.05) is 13.2 Å². The predicted octanol–water partition coefficient (Wildman–Crippen LogP) is 7.81. The maximum atomic E-state index is 12.4. The van der Waals surface area contributed by atoms with E-state index in [0.29, 0.717) is 24.3 Å². The maximum Gasteiger partial charge on any atom is 0.306 e. The van der Waals surface area contributed by atoms with Crippen LogP contribution in [-0.2, 0) is 42.7 Å². The van der Waals surface area contributed by atoms with Crippen LogP contribution in [0.5, 0.6) is 11.5 Å². The predicted molar refractivity (Wildman–Crippen MR) is 165 cm³/mol. The van der Waals surface area contributed by atoms with Crippen molar-refractivity contribution in [2.24, 2.45) is 0 Å². The second kappa shape index (κ2) is 14.0. The van der Waals surface area contributed by atoms with E-state index in [0.717, 1.165) is 59.1 Å². The van der Waals surface area contributed by atoms with Crippen LogP contribution in [0.15, 0.2) is 24.3 Å². The molecule has 0 aliphatic heterocycles. The molecule has 0 spiro atoms. The zero-order valence-corrected chi connectivity index (χ0v) is 26.2. The Morgan fingerprint density at radius 1 is 0.643 bits per heavy atom. The first-order chi connectivity index (χ1) is 20.0. The molecule has 2 saturated carbocycles. The van der Waals surface area contributed by atoms with Crippen LogP contribution in [0.2, 0.25) is 0 Å². The van der Waals surface area contributed by atoms with Crippen molar-refractivity contribution in [3.05, 3.63) is 57.6 Å². The summed E-state index contributed by atoms with van der Waals surface area (Å²) >= 11 is 0. The molecule has 0 atom stereocenters. The highest BCUT2D eigenvalue weighted by Gasteiger charge is 2.33. The quantitative estimate of drug-likeness (QED) is 0.209. The average Bonchev–Trinajstić information content (AvgIpc) is 2.97. The number of carbonyl (C=O) groups excluding carboxylic acids is 2. The van der Waals surface area contributed by atoms with E-state index in [1.165, 1.54) is 38.5 Å². The SMILES string of the molecule is Cc1cc(CCC(=O)OCCOC(=O)CCc2cc(C)c(O)c(C3(C)CCCCC3)c2)cc(C2(C)CCCCC2)c1O. The Balaban J connectivity index is 1.20. The van der Waals surface area contributed by atoms with Crippen LogP contribution in [-0.4, -0.2) is 35.4 Å². The van der Waals surface area contributed by atoms with E-state index in [-0.39, 0.29) is 48.8 Å². The third kappa shape index (κ3) is 7.87. The zero-order valence-electron chi connectivity index (χ0n) is 26.2. The van der Waals surface area contributed by atoms with Crippen LogP contribution < -0.4 is 0 Å². The van der Waals surface area contributed by atoms with Crippen molar-refractivity contribution < 1.29 is 29.3 Å². The smallest absolute Gasteiger partial charge is 0.306 e. The first-order valence-electron chi connectivity index (χ1n) is 16.0. The molecule has 0 bridgehead atoms. The number of phenols is 2. The van der Waals surface area contributed by atoms with E-state index in [9.17, 15) is 19.8 Å². The van der Waals surface area contributed by atoms with E-state index < -0.39 is 0 Å². The number of aromatic hydroxyl groups is 2. The molecule has 2 aliphatic rings. The fraction of sp³-hybridized carbons (Fsp3) is 0.611. The van der Waals surface area contributed by atoms with Crippen molar-refractivity contribution in [1.82, 2.24) is 0 Å². The van der Waals surface area contributed by atoms with Crippen LogP contribution in [0.3, 0.4) is 0 Å². The van der Waals surface area contributed by atoms with E-state index in [1.807, 2.05) is 26.0 Å². The highest BCUT2D eigenvalue weighted by atomic mass is 16.6. The topological polar surface area (TPSA) is 93.1 Å². The molecule has 2 fully saturated rings. The largest absolute Gasteiger partial charge is 0.507 e. The summed E-state index contributed by atoms with van der Waals surface area (Å²) in [5, 5.41) is 21.5. The first kappa shape index (κ1) is 31.9. The van der Waals surface area contributed by atoms with Gasteiger partial charge in [-0.15, -0.1) is 0 Å². The Labute approximate surface area is 251 Å². The Hall–Kier alpha value is -3.02. The molecule has 0 saturated heterocycles. The number of aryl methyl sites for hydroxylation is 4. The number of rotatable bonds is 11. The maximum absolute atomic E-state index is 12.4. The van der Waals surface area contributed by atoms with E-state index in [2.05, 4.69) is 26.0 Å². The molecular weight excluding hydrogens is 528 g/mol. The second-order valence-corrected chi connectivity index (χ2v) is 13.3. The van der Waals surface area contributed by atoms with Gasteiger partial charge in [-0.3, -0.25) is 9.59 Å². The lowest BCUT2D eigenvalue weighted by molar-refractivity contribution is -0.152. The van der Waals surface area contributed by atoms with Gasteiger partial charge < -0.3 is 19.7 Å². The zero-order chi connectivity index (χ0) is 30.3. The molecule has 0 aromatic heterocycles. The number of benzene rings is 2. The minimum atomic E-state index is -0.328. The van der Waals surface area contributed by atoms with Crippen molar-refractivity contribution in [3.8, 4) is 11.5 Å². The molecule has 2 aliphatic carbocycles. The van der Waals surface area contributed by atoms with Gasteiger partial charge >= 0.3 is 11.9 Å². The Bertz CT molecular complexity index is 1150. The summed E-state index contributed by atoms with van der Waals surface area (Å²) in [5.74, 6) is 0.107. The van der Waals surface area contributed by atoms with Crippen LogP contribution in [0.1, 0.15) is 124 Å². The molecule has 2 aromatic carbocycles. The minimum absolute atomic E-state index is 0.0234. The van der Waals surface area contributed by atoms with Gasteiger partial charge in [0.05, 0.1) is 0 Å². The molecule has 2 aromatic rings. The highest BCUT2D eigenvalue weighted by Crippen LogP contribution is 2.45. The van der Waals surface area contributed by atoms with Crippen LogP contribution in [0.25, 0.3) is 0 Å². The van der Waals surface area contributed by atoms with E-state index >= 15 is 0 Å². The van der Waals surface area contributed by atoms with E-state index in [1.54, 1.807) is 0 Å². The molecule has 4 rings (SSSR count). The first-order valence-corrected chi connectivity index (χ1v) is 16.0. The summed E-state index contributed by atoms with van der Waals surface area (Å²) in [6.45, 7) is 8.37. The summed E-state index contributed by atoms with van der Waals surface area (Å²) in [6.07, 6.45) is 13.0. The Morgan fingerprint density at radius 3 is 1.36 bits per heavy atom. The van der Waals surface area contributed by atoms with Gasteiger partial charge in [0.25, 0.3) is 0 Å². The normalized spacial score (nSPS) is 17.9. The van der Waals surface area contributed by atoms with Gasteiger partial charge in [0.2, 0.25) is 0 Å². The van der Waals surface area contributed by atoms with Crippen molar-refractivity contribution in [1.29, 1.82) is 0 Å². The lowest BCUT2D eigenvalue weighted by Crippen LogP contribution is -2.25. The molecule has 6 nitrogen and oxygen atoms in total. The number of hydrogen-bond donors (Lipinski definition) is 2. The summed E-state index contributed by atoms with van der Waals surface area (Å²) in [4.78, 5) is 24.8. The molecule has 6 heteroatoms. The molecule has 42 heavy (non-hydrogen) atoms. The molecular formula is C36H50O6. The third-order valence-corrected chi connectivity index (χ3v) is 9.78. The fourth-order valence-corrected chi connectivity index (χ4v) is 7.07. The highest BCUT2D eigenvalue weighted by molar-refractivity contribution is 5.70. The number of hydrogen-bond acceptors (Lipinski definition) is 6. The lowest BCUT2D eigenvalue weighted by Gasteiger charge is -2.35. The van der Waals surface area contributed by atoms with Gasteiger partial charge in [-0.25, -0.2) is 0 Å². The van der Waals surface area contributed by atoms with Gasteiger partial charge in [0.1, 0.15) is 24.7 Å². The third-order valence-electron chi connectivity index (χ3n) is 9.78. The second-order valence-electron chi connectivity index (χ2n) is 13.3. The lowest BCUT2D eigenvalue weighted by atomic mass is 9.70. The standard InChI is InChI=1S/C36H50O6/c1-25-21-27(23-29(33(25)39)35(3)15-7-5-8-16-35)11-13-31(37)41-19-20-42-32(38)14-12-28-22-26(2)34(40)30(24-28)36(4)17-9-6-10-18-36/h21-24,39-40H,5-20H2,1-4H3. The molecule has 2 N–H and O–H groups in total. The summed E-state index contributed by atoms with van der Waals surface area (Å²) in [6, 6.07) is 8.04. The Morgan fingerprint density at radius 2 is 1.00 bits per heavy atom. The van der Waals surface area contributed by atoms with Crippen molar-refractivity contribution >= 4 is 11.9 Å². The number of phenolic OH excluding ortho intramolecular Hbond substituents is 2. The number of carbonyl (C=O) groups is 2. The fourth-order valence-electron chi connectivity index (χ4n) is 7.07. The van der Waals surface area contributed by atoms with Gasteiger partial charge in [-0.1, -0.05) is 76.6 Å². The van der Waals surface area contributed by atoms with Crippen LogP contribution in [0.4, 0.5) is 0 Å². The minimum Gasteiger partial charge on any atom is -0.507 e.